The molecule has 4 heteroatoms. The maximum atomic E-state index is 11.4. The van der Waals surface area contributed by atoms with Crippen molar-refractivity contribution in [3.63, 3.8) is 0 Å². The Morgan fingerprint density at radius 1 is 1.50 bits per heavy atom. The Kier molecular flexibility index (Phi) is 3.28. The van der Waals surface area contributed by atoms with E-state index < -0.39 is 0 Å². The van der Waals surface area contributed by atoms with Gasteiger partial charge in [0.05, 0.1) is 12.1 Å². The standard InChI is InChI=1S/C10H17N3O/c1-5-11-10(14)6-9-7(2)12-13(4)8(9)3/h5-6H2,1-4H3,(H,11,14). The van der Waals surface area contributed by atoms with Crippen LogP contribution < -0.4 is 5.32 Å². The van der Waals surface area contributed by atoms with E-state index in [0.29, 0.717) is 13.0 Å². The molecule has 78 valence electrons. The van der Waals surface area contributed by atoms with Gasteiger partial charge >= 0.3 is 0 Å². The zero-order chi connectivity index (χ0) is 10.7. The molecule has 0 saturated heterocycles. The third kappa shape index (κ3) is 2.13. The molecule has 0 aliphatic rings. The van der Waals surface area contributed by atoms with E-state index in [2.05, 4.69) is 10.4 Å². The summed E-state index contributed by atoms with van der Waals surface area (Å²) in [6.07, 6.45) is 0.430. The second-order valence-electron chi connectivity index (χ2n) is 3.40. The number of hydrogen-bond acceptors (Lipinski definition) is 2. The van der Waals surface area contributed by atoms with Crippen molar-refractivity contribution >= 4 is 5.91 Å². The van der Waals surface area contributed by atoms with Gasteiger partial charge in [0.2, 0.25) is 5.91 Å². The predicted octanol–water partition coefficient (Wildman–Crippen LogP) is 0.716. The number of aromatic nitrogens is 2. The Morgan fingerprint density at radius 2 is 2.14 bits per heavy atom. The number of carbonyl (C=O) groups is 1. The van der Waals surface area contributed by atoms with Crippen LogP contribution in [0.25, 0.3) is 0 Å². The SMILES string of the molecule is CCNC(=O)Cc1c(C)nn(C)c1C. The molecular formula is C10H17N3O. The van der Waals surface area contributed by atoms with Crippen LogP contribution in [-0.4, -0.2) is 22.2 Å². The molecule has 1 rings (SSSR count). The predicted molar refractivity (Wildman–Crippen MR) is 55.1 cm³/mol. The second kappa shape index (κ2) is 4.26. The quantitative estimate of drug-likeness (QED) is 0.772. The highest BCUT2D eigenvalue weighted by Gasteiger charge is 2.12. The van der Waals surface area contributed by atoms with Crippen LogP contribution in [0, 0.1) is 13.8 Å². The van der Waals surface area contributed by atoms with Crippen LogP contribution in [0.2, 0.25) is 0 Å². The first kappa shape index (κ1) is 10.8. The zero-order valence-corrected chi connectivity index (χ0v) is 9.22. The number of carbonyl (C=O) groups excluding carboxylic acids is 1. The minimum Gasteiger partial charge on any atom is -0.356 e. The summed E-state index contributed by atoms with van der Waals surface area (Å²) in [6, 6.07) is 0. The summed E-state index contributed by atoms with van der Waals surface area (Å²) >= 11 is 0. The first-order chi connectivity index (χ1) is 6.56. The number of likely N-dealkylation sites (N-methyl/N-ethyl adjacent to an activating group) is 1. The van der Waals surface area contributed by atoms with Crippen molar-refractivity contribution in [1.29, 1.82) is 0 Å². The van der Waals surface area contributed by atoms with Crippen molar-refractivity contribution in [2.45, 2.75) is 27.2 Å². The number of hydrogen-bond donors (Lipinski definition) is 1. The molecule has 1 N–H and O–H groups in total. The Balaban J connectivity index is 2.81. The topological polar surface area (TPSA) is 46.9 Å². The maximum Gasteiger partial charge on any atom is 0.224 e. The Bertz CT molecular complexity index is 341. The fourth-order valence-electron chi connectivity index (χ4n) is 1.49. The lowest BCUT2D eigenvalue weighted by Crippen LogP contribution is -2.24. The fraction of sp³-hybridized carbons (Fsp3) is 0.600. The van der Waals surface area contributed by atoms with E-state index in [1.165, 1.54) is 0 Å². The smallest absolute Gasteiger partial charge is 0.224 e. The highest BCUT2D eigenvalue weighted by molar-refractivity contribution is 5.79. The van der Waals surface area contributed by atoms with Crippen molar-refractivity contribution in [3.05, 3.63) is 17.0 Å². The minimum absolute atomic E-state index is 0.0618. The molecule has 0 aliphatic heterocycles. The third-order valence-corrected chi connectivity index (χ3v) is 2.37. The molecule has 14 heavy (non-hydrogen) atoms. The molecule has 1 heterocycles. The van der Waals surface area contributed by atoms with E-state index in [1.807, 2.05) is 32.5 Å². The fourth-order valence-corrected chi connectivity index (χ4v) is 1.49. The highest BCUT2D eigenvalue weighted by Crippen LogP contribution is 2.12. The maximum absolute atomic E-state index is 11.4. The van der Waals surface area contributed by atoms with Gasteiger partial charge in [-0.15, -0.1) is 0 Å². The zero-order valence-electron chi connectivity index (χ0n) is 9.22. The van der Waals surface area contributed by atoms with Crippen molar-refractivity contribution in [2.24, 2.45) is 7.05 Å². The molecular weight excluding hydrogens is 178 g/mol. The van der Waals surface area contributed by atoms with Gasteiger partial charge in [-0.05, 0) is 20.8 Å². The third-order valence-electron chi connectivity index (χ3n) is 2.37. The summed E-state index contributed by atoms with van der Waals surface area (Å²) < 4.78 is 1.81. The van der Waals surface area contributed by atoms with Gasteiger partial charge in [0.25, 0.3) is 0 Å². The van der Waals surface area contributed by atoms with Gasteiger partial charge in [0.1, 0.15) is 0 Å². The van der Waals surface area contributed by atoms with E-state index in [1.54, 1.807) is 0 Å². The van der Waals surface area contributed by atoms with Gasteiger partial charge in [0.15, 0.2) is 0 Å². The van der Waals surface area contributed by atoms with Crippen LogP contribution >= 0.6 is 0 Å². The Morgan fingerprint density at radius 3 is 2.57 bits per heavy atom. The molecule has 1 aromatic rings. The molecule has 4 nitrogen and oxygen atoms in total. The average molecular weight is 195 g/mol. The molecule has 0 radical (unpaired) electrons. The summed E-state index contributed by atoms with van der Waals surface area (Å²) in [5.74, 6) is 0.0618. The second-order valence-corrected chi connectivity index (χ2v) is 3.40. The van der Waals surface area contributed by atoms with Crippen LogP contribution in [0.4, 0.5) is 0 Å². The lowest BCUT2D eigenvalue weighted by atomic mass is 10.1. The largest absolute Gasteiger partial charge is 0.356 e. The van der Waals surface area contributed by atoms with Gasteiger partial charge in [-0.3, -0.25) is 9.48 Å². The van der Waals surface area contributed by atoms with E-state index in [0.717, 1.165) is 17.0 Å². The molecule has 1 aromatic heterocycles. The number of aryl methyl sites for hydroxylation is 2. The van der Waals surface area contributed by atoms with E-state index in [9.17, 15) is 4.79 Å². The molecule has 0 saturated carbocycles. The molecule has 0 aliphatic carbocycles. The Labute approximate surface area is 84.3 Å². The van der Waals surface area contributed by atoms with Crippen LogP contribution in [0.5, 0.6) is 0 Å². The van der Waals surface area contributed by atoms with Crippen LogP contribution in [0.15, 0.2) is 0 Å². The molecule has 0 spiro atoms. The van der Waals surface area contributed by atoms with Crippen molar-refractivity contribution in [2.75, 3.05) is 6.54 Å². The molecule has 1 amide bonds. The molecule has 0 atom stereocenters. The molecule has 0 bridgehead atoms. The van der Waals surface area contributed by atoms with Crippen molar-refractivity contribution in [3.8, 4) is 0 Å². The van der Waals surface area contributed by atoms with Gasteiger partial charge in [0, 0.05) is 24.8 Å². The molecule has 0 unspecified atom stereocenters. The summed E-state index contributed by atoms with van der Waals surface area (Å²) in [6.45, 7) is 6.51. The number of rotatable bonds is 3. The van der Waals surface area contributed by atoms with Gasteiger partial charge in [-0.1, -0.05) is 0 Å². The summed E-state index contributed by atoms with van der Waals surface area (Å²) in [7, 11) is 1.89. The van der Waals surface area contributed by atoms with Gasteiger partial charge < -0.3 is 5.32 Å². The summed E-state index contributed by atoms with van der Waals surface area (Å²) in [4.78, 5) is 11.4. The van der Waals surface area contributed by atoms with Gasteiger partial charge in [-0.25, -0.2) is 0 Å². The monoisotopic (exact) mass is 195 g/mol. The minimum atomic E-state index is 0.0618. The number of nitrogens with one attached hydrogen (secondary N) is 1. The lowest BCUT2D eigenvalue weighted by Gasteiger charge is -2.02. The molecule has 0 aromatic carbocycles. The highest BCUT2D eigenvalue weighted by atomic mass is 16.1. The van der Waals surface area contributed by atoms with Crippen LogP contribution in [-0.2, 0) is 18.3 Å². The number of amides is 1. The van der Waals surface area contributed by atoms with Crippen molar-refractivity contribution in [1.82, 2.24) is 15.1 Å². The normalized spacial score (nSPS) is 10.3. The van der Waals surface area contributed by atoms with E-state index in [-0.39, 0.29) is 5.91 Å². The number of nitrogens with zero attached hydrogens (tertiary/aromatic N) is 2. The van der Waals surface area contributed by atoms with E-state index in [4.69, 9.17) is 0 Å². The van der Waals surface area contributed by atoms with E-state index >= 15 is 0 Å². The summed E-state index contributed by atoms with van der Waals surface area (Å²) in [5, 5.41) is 7.04. The first-order valence-corrected chi connectivity index (χ1v) is 4.82. The average Bonchev–Trinajstić information content (AvgIpc) is 2.33. The van der Waals surface area contributed by atoms with Gasteiger partial charge in [-0.2, -0.15) is 5.10 Å². The molecule has 0 fully saturated rings. The lowest BCUT2D eigenvalue weighted by molar-refractivity contribution is -0.120. The van der Waals surface area contributed by atoms with Crippen LogP contribution in [0.3, 0.4) is 0 Å². The van der Waals surface area contributed by atoms with Crippen LogP contribution in [0.1, 0.15) is 23.9 Å². The first-order valence-electron chi connectivity index (χ1n) is 4.82. The summed E-state index contributed by atoms with van der Waals surface area (Å²) in [5.41, 5.74) is 3.04. The Hall–Kier alpha value is -1.32. The van der Waals surface area contributed by atoms with Crippen molar-refractivity contribution < 1.29 is 4.79 Å².